The monoisotopic (exact) mass is 278 g/mol. The normalized spacial score (nSPS) is 10.9. The Bertz CT molecular complexity index is 600. The SMILES string of the molecule is N#CNC(=NCCCCc1ccccc1)c1cccnc1. The highest BCUT2D eigenvalue weighted by Gasteiger charge is 2.01. The van der Waals surface area contributed by atoms with Crippen molar-refractivity contribution in [2.24, 2.45) is 4.99 Å². The van der Waals surface area contributed by atoms with E-state index < -0.39 is 0 Å². The van der Waals surface area contributed by atoms with E-state index in [1.165, 1.54) is 5.56 Å². The van der Waals surface area contributed by atoms with E-state index in [2.05, 4.69) is 39.6 Å². The number of nitriles is 1. The fourth-order valence-electron chi connectivity index (χ4n) is 2.04. The van der Waals surface area contributed by atoms with Gasteiger partial charge in [0.05, 0.1) is 0 Å². The summed E-state index contributed by atoms with van der Waals surface area (Å²) in [5.41, 5.74) is 2.19. The molecule has 4 heteroatoms. The fraction of sp³-hybridized carbons (Fsp3) is 0.235. The zero-order valence-corrected chi connectivity index (χ0v) is 11.9. The van der Waals surface area contributed by atoms with E-state index in [0.717, 1.165) is 24.8 Å². The molecule has 21 heavy (non-hydrogen) atoms. The molecule has 0 radical (unpaired) electrons. The highest BCUT2D eigenvalue weighted by molar-refractivity contribution is 5.99. The first-order chi connectivity index (χ1) is 10.4. The first-order valence-corrected chi connectivity index (χ1v) is 7.04. The molecule has 0 saturated carbocycles. The number of amidine groups is 1. The number of benzene rings is 1. The van der Waals surface area contributed by atoms with Crippen LogP contribution in [0.15, 0.2) is 59.9 Å². The molecule has 0 aliphatic rings. The van der Waals surface area contributed by atoms with Gasteiger partial charge in [-0.25, -0.2) is 0 Å². The molecular weight excluding hydrogens is 260 g/mol. The smallest absolute Gasteiger partial charge is 0.182 e. The number of aromatic nitrogens is 1. The minimum atomic E-state index is 0.588. The predicted octanol–water partition coefficient (Wildman–Crippen LogP) is 2.92. The summed E-state index contributed by atoms with van der Waals surface area (Å²) < 4.78 is 0. The summed E-state index contributed by atoms with van der Waals surface area (Å²) in [7, 11) is 0. The molecule has 1 aromatic carbocycles. The molecule has 0 atom stereocenters. The zero-order valence-electron chi connectivity index (χ0n) is 11.9. The molecule has 106 valence electrons. The molecule has 0 aliphatic heterocycles. The van der Waals surface area contributed by atoms with Crippen LogP contribution in [0, 0.1) is 11.5 Å². The summed E-state index contributed by atoms with van der Waals surface area (Å²) in [5, 5.41) is 11.4. The van der Waals surface area contributed by atoms with Crippen LogP contribution < -0.4 is 5.32 Å². The maximum absolute atomic E-state index is 8.79. The molecule has 0 saturated heterocycles. The predicted molar refractivity (Wildman–Crippen MR) is 83.8 cm³/mol. The molecule has 0 amide bonds. The topological polar surface area (TPSA) is 61.1 Å². The molecular formula is C17H18N4. The Morgan fingerprint density at radius 1 is 1.14 bits per heavy atom. The van der Waals surface area contributed by atoms with Crippen LogP contribution in [0.3, 0.4) is 0 Å². The van der Waals surface area contributed by atoms with Crippen molar-refractivity contribution in [3.8, 4) is 6.19 Å². The van der Waals surface area contributed by atoms with Gasteiger partial charge in [0.25, 0.3) is 0 Å². The van der Waals surface area contributed by atoms with Gasteiger partial charge < -0.3 is 0 Å². The third kappa shape index (κ3) is 5.07. The average molecular weight is 278 g/mol. The Morgan fingerprint density at radius 2 is 2.00 bits per heavy atom. The lowest BCUT2D eigenvalue weighted by molar-refractivity contribution is 0.744. The van der Waals surface area contributed by atoms with Gasteiger partial charge in [0.15, 0.2) is 6.19 Å². The number of hydrogen-bond acceptors (Lipinski definition) is 3. The van der Waals surface area contributed by atoms with Gasteiger partial charge >= 0.3 is 0 Å². The summed E-state index contributed by atoms with van der Waals surface area (Å²) in [6, 6.07) is 14.2. The van der Waals surface area contributed by atoms with Crippen LogP contribution in [0.1, 0.15) is 24.0 Å². The van der Waals surface area contributed by atoms with E-state index >= 15 is 0 Å². The lowest BCUT2D eigenvalue weighted by Crippen LogP contribution is -2.19. The van der Waals surface area contributed by atoms with Crippen LogP contribution in [-0.2, 0) is 6.42 Å². The molecule has 4 nitrogen and oxygen atoms in total. The number of rotatable bonds is 6. The molecule has 1 heterocycles. The number of nitrogens with zero attached hydrogens (tertiary/aromatic N) is 3. The molecule has 2 aromatic rings. The maximum Gasteiger partial charge on any atom is 0.182 e. The van der Waals surface area contributed by atoms with Crippen molar-refractivity contribution in [1.29, 1.82) is 5.26 Å². The van der Waals surface area contributed by atoms with Gasteiger partial charge in [-0.3, -0.25) is 15.3 Å². The van der Waals surface area contributed by atoms with Crippen molar-refractivity contribution in [2.45, 2.75) is 19.3 Å². The third-order valence-corrected chi connectivity index (χ3v) is 3.10. The number of pyridine rings is 1. The lowest BCUT2D eigenvalue weighted by atomic mass is 10.1. The fourth-order valence-corrected chi connectivity index (χ4v) is 2.04. The van der Waals surface area contributed by atoms with Gasteiger partial charge in [-0.1, -0.05) is 30.3 Å². The van der Waals surface area contributed by atoms with Crippen molar-refractivity contribution in [1.82, 2.24) is 10.3 Å². The van der Waals surface area contributed by atoms with Crippen LogP contribution in [0.4, 0.5) is 0 Å². The summed E-state index contributed by atoms with van der Waals surface area (Å²) in [6.07, 6.45) is 8.46. The van der Waals surface area contributed by atoms with Gasteiger partial charge in [-0.15, -0.1) is 0 Å². The van der Waals surface area contributed by atoms with Gasteiger partial charge in [0, 0.05) is 24.5 Å². The van der Waals surface area contributed by atoms with Gasteiger partial charge in [-0.2, -0.15) is 5.26 Å². The van der Waals surface area contributed by atoms with Crippen LogP contribution in [0.2, 0.25) is 0 Å². The van der Waals surface area contributed by atoms with Crippen molar-refractivity contribution in [3.63, 3.8) is 0 Å². The highest BCUT2D eigenvalue weighted by Crippen LogP contribution is 2.05. The minimum absolute atomic E-state index is 0.588. The first-order valence-electron chi connectivity index (χ1n) is 7.04. The van der Waals surface area contributed by atoms with Crippen LogP contribution in [0.5, 0.6) is 0 Å². The van der Waals surface area contributed by atoms with Gasteiger partial charge in [0.1, 0.15) is 5.84 Å². The molecule has 1 N–H and O–H groups in total. The minimum Gasteiger partial charge on any atom is -0.277 e. The second kappa shape index (κ2) is 8.49. The Hall–Kier alpha value is -2.67. The standard InChI is InChI=1S/C17H18N4/c18-14-21-17(16-10-6-11-19-13-16)20-12-5-4-9-15-7-2-1-3-8-15/h1-3,6-8,10-11,13H,4-5,9,12H2,(H,20,21). The molecule has 0 spiro atoms. The highest BCUT2D eigenvalue weighted by atomic mass is 15.0. The summed E-state index contributed by atoms with van der Waals surface area (Å²) in [5.74, 6) is 0.588. The molecule has 0 aliphatic carbocycles. The van der Waals surface area contributed by atoms with Crippen molar-refractivity contribution >= 4 is 5.84 Å². The van der Waals surface area contributed by atoms with E-state index in [0.29, 0.717) is 12.4 Å². The maximum atomic E-state index is 8.79. The van der Waals surface area contributed by atoms with Crippen molar-refractivity contribution < 1.29 is 0 Å². The van der Waals surface area contributed by atoms with Crippen molar-refractivity contribution in [2.75, 3.05) is 6.54 Å². The van der Waals surface area contributed by atoms with E-state index in [1.54, 1.807) is 12.4 Å². The Balaban J connectivity index is 1.82. The van der Waals surface area contributed by atoms with E-state index in [9.17, 15) is 0 Å². The lowest BCUT2D eigenvalue weighted by Gasteiger charge is -2.04. The second-order valence-corrected chi connectivity index (χ2v) is 4.65. The van der Waals surface area contributed by atoms with E-state index in [-0.39, 0.29) is 0 Å². The first kappa shape index (κ1) is 14.7. The quantitative estimate of drug-likeness (QED) is 0.290. The third-order valence-electron chi connectivity index (χ3n) is 3.10. The second-order valence-electron chi connectivity index (χ2n) is 4.65. The Morgan fingerprint density at radius 3 is 2.71 bits per heavy atom. The van der Waals surface area contributed by atoms with E-state index in [4.69, 9.17) is 5.26 Å². The Labute approximate surface area is 125 Å². The number of hydrogen-bond donors (Lipinski definition) is 1. The van der Waals surface area contributed by atoms with Gasteiger partial charge in [0.2, 0.25) is 0 Å². The summed E-state index contributed by atoms with van der Waals surface area (Å²) in [6.45, 7) is 0.700. The van der Waals surface area contributed by atoms with Crippen LogP contribution >= 0.6 is 0 Å². The number of aliphatic imine (C=N–C) groups is 1. The van der Waals surface area contributed by atoms with E-state index in [1.807, 2.05) is 24.4 Å². The number of aryl methyl sites for hydroxylation is 1. The van der Waals surface area contributed by atoms with Crippen LogP contribution in [0.25, 0.3) is 0 Å². The summed E-state index contributed by atoms with van der Waals surface area (Å²) >= 11 is 0. The number of unbranched alkanes of at least 4 members (excludes halogenated alkanes) is 1. The van der Waals surface area contributed by atoms with Crippen LogP contribution in [-0.4, -0.2) is 17.4 Å². The zero-order chi connectivity index (χ0) is 14.8. The average Bonchev–Trinajstić information content (AvgIpc) is 2.55. The molecule has 1 aromatic heterocycles. The Kier molecular flexibility index (Phi) is 5.96. The van der Waals surface area contributed by atoms with Crippen molar-refractivity contribution in [3.05, 3.63) is 66.0 Å². The largest absolute Gasteiger partial charge is 0.277 e. The van der Waals surface area contributed by atoms with Gasteiger partial charge in [-0.05, 0) is 37.0 Å². The molecule has 0 unspecified atom stereocenters. The summed E-state index contributed by atoms with van der Waals surface area (Å²) in [4.78, 5) is 8.50. The molecule has 2 rings (SSSR count). The molecule has 0 fully saturated rings. The number of nitrogens with one attached hydrogen (secondary N) is 1. The molecule has 0 bridgehead atoms.